The highest BCUT2D eigenvalue weighted by molar-refractivity contribution is 6.25. The largest absolute Gasteiger partial charge is 0.495 e. The van der Waals surface area contributed by atoms with Crippen LogP contribution in [0.15, 0.2) is 42.6 Å². The average Bonchev–Trinajstić information content (AvgIpc) is 3.47. The number of nitrogens with zero attached hydrogens (tertiary/aromatic N) is 8. The molecule has 1 aromatic heterocycles. The zero-order chi connectivity index (χ0) is 45.8. The molecule has 3 fully saturated rings. The molecule has 5 aliphatic rings. The summed E-state index contributed by atoms with van der Waals surface area (Å²) >= 11 is 0. The number of fused-ring (bicyclic) bond motifs is 2. The van der Waals surface area contributed by atoms with E-state index in [1.807, 2.05) is 9.80 Å². The third kappa shape index (κ3) is 8.26. The molecule has 2 aromatic carbocycles. The number of halogens is 4. The summed E-state index contributed by atoms with van der Waals surface area (Å²) in [5.41, 5.74) is 3.98. The molecule has 340 valence electrons. The first-order chi connectivity index (χ1) is 30.4. The van der Waals surface area contributed by atoms with Crippen LogP contribution in [0.4, 0.5) is 46.4 Å². The maximum atomic E-state index is 15.7. The lowest BCUT2D eigenvalue weighted by molar-refractivity contribution is -0.140. The van der Waals surface area contributed by atoms with Crippen LogP contribution in [0.25, 0.3) is 0 Å². The molecular weight excluding hydrogens is 847 g/mol. The zero-order valence-electron chi connectivity index (χ0n) is 35.5. The van der Waals surface area contributed by atoms with Crippen LogP contribution in [0.2, 0.25) is 0 Å². The molecular formula is C42H47F4N11O7. The number of nitrogens with one attached hydrogen (secondary N) is 3. The fraction of sp³-hybridized carbons (Fsp3) is 0.476. The quantitative estimate of drug-likeness (QED) is 0.199. The number of ether oxygens (including phenoxy) is 1. The van der Waals surface area contributed by atoms with Crippen LogP contribution in [-0.2, 0) is 14.4 Å². The van der Waals surface area contributed by atoms with Gasteiger partial charge in [-0.25, -0.2) is 18.8 Å². The number of aromatic nitrogens is 2. The Morgan fingerprint density at radius 2 is 1.70 bits per heavy atom. The summed E-state index contributed by atoms with van der Waals surface area (Å²) in [4.78, 5) is 92.6. The van der Waals surface area contributed by atoms with Gasteiger partial charge >= 0.3 is 5.92 Å². The smallest absolute Gasteiger partial charge is 0.342 e. The van der Waals surface area contributed by atoms with Crippen molar-refractivity contribution in [2.75, 3.05) is 86.5 Å². The second-order valence-corrected chi connectivity index (χ2v) is 16.8. The first kappa shape index (κ1) is 44.2. The number of carbonyl (C=O) groups excluding carboxylic acids is 6. The molecule has 8 rings (SSSR count). The van der Waals surface area contributed by atoms with Crippen molar-refractivity contribution in [2.24, 2.45) is 5.92 Å². The number of piperazine rings is 1. The van der Waals surface area contributed by atoms with Gasteiger partial charge in [-0.15, -0.1) is 0 Å². The molecule has 6 heterocycles. The maximum Gasteiger partial charge on any atom is 0.342 e. The topological polar surface area (TPSA) is 193 Å². The Labute approximate surface area is 364 Å². The van der Waals surface area contributed by atoms with Crippen molar-refractivity contribution < 1.29 is 51.1 Å². The third-order valence-corrected chi connectivity index (χ3v) is 12.3. The Morgan fingerprint density at radius 1 is 0.953 bits per heavy atom. The standard InChI is InChI=1S/C42H47F4N11O7/c1-23(2)56-22-42(45,46)39(63)52(3)30-19-47-40(50-34(30)56)48-27-9-8-24(18-31(27)64-4)35(59)51-55-13-12-25(41(43,44)21-55)20-53-14-16-54(17-15-53)28-7-5-6-26-33(28)38(62)57(37(26)61)29-10-11-32(58)49-36(29)60/h5-9,18-19,23,25,29H,10-17,20-22H2,1-4H3,(H,51,59)(H,47,48,50)(H,49,58,60). The van der Waals surface area contributed by atoms with E-state index in [9.17, 15) is 37.5 Å². The van der Waals surface area contributed by atoms with Crippen molar-refractivity contribution in [3.05, 3.63) is 59.3 Å². The minimum atomic E-state index is -3.66. The van der Waals surface area contributed by atoms with Crippen molar-refractivity contribution >= 4 is 64.3 Å². The van der Waals surface area contributed by atoms with Gasteiger partial charge in [-0.2, -0.15) is 13.8 Å². The first-order valence-electron chi connectivity index (χ1n) is 20.9. The number of hydrogen-bond acceptors (Lipinski definition) is 14. The van der Waals surface area contributed by atoms with E-state index in [-0.39, 0.29) is 72.2 Å². The van der Waals surface area contributed by atoms with E-state index in [1.54, 1.807) is 26.0 Å². The van der Waals surface area contributed by atoms with Gasteiger partial charge in [0.15, 0.2) is 5.82 Å². The molecule has 6 amide bonds. The molecule has 3 N–H and O–H groups in total. The van der Waals surface area contributed by atoms with Gasteiger partial charge in [0.2, 0.25) is 17.8 Å². The van der Waals surface area contributed by atoms with Gasteiger partial charge in [-0.05, 0) is 57.0 Å². The number of piperidine rings is 2. The number of hydrazine groups is 1. The van der Waals surface area contributed by atoms with Crippen molar-refractivity contribution in [1.82, 2.24) is 35.5 Å². The van der Waals surface area contributed by atoms with E-state index in [1.165, 1.54) is 54.5 Å². The average molecular weight is 894 g/mol. The number of alkyl halides is 4. The van der Waals surface area contributed by atoms with Crippen molar-refractivity contribution in [1.29, 1.82) is 0 Å². The van der Waals surface area contributed by atoms with Crippen LogP contribution in [0.3, 0.4) is 0 Å². The van der Waals surface area contributed by atoms with E-state index < -0.39 is 78.4 Å². The van der Waals surface area contributed by atoms with Crippen LogP contribution in [-0.4, -0.2) is 151 Å². The summed E-state index contributed by atoms with van der Waals surface area (Å²) in [5.74, 6) is -11.9. The lowest BCUT2D eigenvalue weighted by Gasteiger charge is -2.42. The lowest BCUT2D eigenvalue weighted by atomic mass is 9.92. The Hall–Kier alpha value is -6.42. The van der Waals surface area contributed by atoms with Crippen LogP contribution >= 0.6 is 0 Å². The molecule has 22 heteroatoms. The van der Waals surface area contributed by atoms with Gasteiger partial charge in [0.25, 0.3) is 29.6 Å². The molecule has 0 spiro atoms. The van der Waals surface area contributed by atoms with Gasteiger partial charge in [0.05, 0.1) is 48.9 Å². The number of imide groups is 2. The summed E-state index contributed by atoms with van der Waals surface area (Å²) in [6.07, 6.45) is 1.40. The molecule has 2 unspecified atom stereocenters. The maximum absolute atomic E-state index is 15.7. The minimum Gasteiger partial charge on any atom is -0.495 e. The molecule has 2 atom stereocenters. The molecule has 3 saturated heterocycles. The molecule has 0 radical (unpaired) electrons. The highest BCUT2D eigenvalue weighted by Crippen LogP contribution is 2.39. The van der Waals surface area contributed by atoms with Gasteiger partial charge in [0, 0.05) is 70.3 Å². The second kappa shape index (κ2) is 16.9. The monoisotopic (exact) mass is 893 g/mol. The summed E-state index contributed by atoms with van der Waals surface area (Å²) in [5, 5.41) is 6.36. The number of benzene rings is 2. The lowest BCUT2D eigenvalue weighted by Crippen LogP contribution is -2.58. The summed E-state index contributed by atoms with van der Waals surface area (Å²) in [6, 6.07) is 7.74. The first-order valence-corrected chi connectivity index (χ1v) is 20.9. The highest BCUT2D eigenvalue weighted by Gasteiger charge is 2.49. The van der Waals surface area contributed by atoms with Crippen LogP contribution < -0.4 is 35.5 Å². The molecule has 3 aromatic rings. The number of rotatable bonds is 10. The molecule has 18 nitrogen and oxygen atoms in total. The molecule has 0 saturated carbocycles. The third-order valence-electron chi connectivity index (χ3n) is 12.3. The number of methoxy groups -OCH3 is 1. The number of hydrogen-bond donors (Lipinski definition) is 3. The van der Waals surface area contributed by atoms with Crippen LogP contribution in [0.5, 0.6) is 5.75 Å². The second-order valence-electron chi connectivity index (χ2n) is 16.8. The molecule has 64 heavy (non-hydrogen) atoms. The summed E-state index contributed by atoms with van der Waals surface area (Å²) < 4.78 is 66.5. The van der Waals surface area contributed by atoms with Crippen molar-refractivity contribution in [2.45, 2.75) is 57.0 Å². The Bertz CT molecular complexity index is 2410. The van der Waals surface area contributed by atoms with Crippen molar-refractivity contribution in [3.8, 4) is 5.75 Å². The number of amides is 6. The highest BCUT2D eigenvalue weighted by atomic mass is 19.3. The molecule has 0 bridgehead atoms. The predicted molar refractivity (Wildman–Crippen MR) is 223 cm³/mol. The Morgan fingerprint density at radius 3 is 2.39 bits per heavy atom. The minimum absolute atomic E-state index is 0.00552. The van der Waals surface area contributed by atoms with Gasteiger partial charge in [-0.1, -0.05) is 6.07 Å². The van der Waals surface area contributed by atoms with Gasteiger partial charge in [-0.3, -0.25) is 49.3 Å². The van der Waals surface area contributed by atoms with E-state index in [0.29, 0.717) is 37.6 Å². The van der Waals surface area contributed by atoms with Gasteiger partial charge in [0.1, 0.15) is 17.5 Å². The normalized spacial score (nSPS) is 22.6. The van der Waals surface area contributed by atoms with Gasteiger partial charge < -0.3 is 24.8 Å². The molecule has 5 aliphatic heterocycles. The van der Waals surface area contributed by atoms with Crippen LogP contribution in [0.1, 0.15) is 64.2 Å². The Balaban J connectivity index is 0.859. The number of carbonyl (C=O) groups is 6. The predicted octanol–water partition coefficient (Wildman–Crippen LogP) is 2.88. The van der Waals surface area contributed by atoms with E-state index >= 15 is 8.78 Å². The number of anilines is 5. The van der Waals surface area contributed by atoms with E-state index in [2.05, 4.69) is 26.0 Å². The summed E-state index contributed by atoms with van der Waals surface area (Å²) in [7, 11) is 2.59. The van der Waals surface area contributed by atoms with E-state index in [4.69, 9.17) is 4.74 Å². The molecule has 0 aliphatic carbocycles. The fourth-order valence-corrected chi connectivity index (χ4v) is 8.83. The zero-order valence-corrected chi connectivity index (χ0v) is 35.5. The van der Waals surface area contributed by atoms with Crippen LogP contribution in [0, 0.1) is 5.92 Å². The SMILES string of the molecule is COc1cc(C(=O)NN2CCC(CN3CCN(c4cccc5c4C(=O)N(C4CCC(=O)NC4=O)C5=O)CC3)C(F)(F)C2)ccc1Nc1ncc2c(n1)N(C(C)C)CC(F)(F)C(=O)N2C. The van der Waals surface area contributed by atoms with E-state index in [0.717, 1.165) is 9.80 Å². The van der Waals surface area contributed by atoms with Crippen molar-refractivity contribution in [3.63, 3.8) is 0 Å². The summed E-state index contributed by atoms with van der Waals surface area (Å²) in [6.45, 7) is 3.68. The Kier molecular flexibility index (Phi) is 11.7. The fourth-order valence-electron chi connectivity index (χ4n) is 8.83.